The van der Waals surface area contributed by atoms with E-state index >= 15 is 0 Å². The zero-order valence-electron chi connectivity index (χ0n) is 10.4. The van der Waals surface area contributed by atoms with Crippen molar-refractivity contribution in [1.29, 1.82) is 0 Å². The predicted octanol–water partition coefficient (Wildman–Crippen LogP) is 4.46. The summed E-state index contributed by atoms with van der Waals surface area (Å²) < 4.78 is 13.7. The van der Waals surface area contributed by atoms with Gasteiger partial charge in [-0.1, -0.05) is 18.2 Å². The summed E-state index contributed by atoms with van der Waals surface area (Å²) in [5.74, 6) is -0.303. The lowest BCUT2D eigenvalue weighted by Gasteiger charge is -2.12. The molecule has 0 aliphatic carbocycles. The van der Waals surface area contributed by atoms with Gasteiger partial charge >= 0.3 is 0 Å². The Bertz CT molecular complexity index is 789. The third-order valence-electron chi connectivity index (χ3n) is 2.99. The smallest absolute Gasteiger partial charge is 0.137 e. The summed E-state index contributed by atoms with van der Waals surface area (Å²) in [6.07, 6.45) is 1.61. The zero-order chi connectivity index (χ0) is 14.1. The summed E-state index contributed by atoms with van der Waals surface area (Å²) in [5.41, 5.74) is 8.91. The molecule has 1 aromatic heterocycles. The molecule has 0 aliphatic rings. The van der Waals surface area contributed by atoms with Crippen molar-refractivity contribution >= 4 is 43.9 Å². The Morgan fingerprint density at radius 2 is 1.95 bits per heavy atom. The lowest BCUT2D eigenvalue weighted by Crippen LogP contribution is -1.99. The van der Waals surface area contributed by atoms with Gasteiger partial charge in [0.1, 0.15) is 5.82 Å². The molecule has 100 valence electrons. The minimum Gasteiger partial charge on any atom is -0.396 e. The molecular weight excluding hydrogens is 321 g/mol. The fourth-order valence-corrected chi connectivity index (χ4v) is 2.39. The number of fused-ring (bicyclic) bond motifs is 1. The van der Waals surface area contributed by atoms with Crippen molar-refractivity contribution in [3.8, 4) is 0 Å². The molecule has 0 aliphatic heterocycles. The number of anilines is 3. The summed E-state index contributed by atoms with van der Waals surface area (Å²) in [6, 6.07) is 12.4. The Morgan fingerprint density at radius 1 is 1.15 bits per heavy atom. The van der Waals surface area contributed by atoms with Crippen LogP contribution in [0.15, 0.2) is 53.1 Å². The first-order chi connectivity index (χ1) is 9.65. The highest BCUT2D eigenvalue weighted by molar-refractivity contribution is 9.10. The zero-order valence-corrected chi connectivity index (χ0v) is 12.0. The summed E-state index contributed by atoms with van der Waals surface area (Å²) in [4.78, 5) is 4.28. The van der Waals surface area contributed by atoms with E-state index in [1.807, 2.05) is 24.3 Å². The monoisotopic (exact) mass is 331 g/mol. The van der Waals surface area contributed by atoms with Gasteiger partial charge in [-0.3, -0.25) is 4.98 Å². The number of halogens is 2. The minimum atomic E-state index is -0.303. The van der Waals surface area contributed by atoms with Gasteiger partial charge in [-0.15, -0.1) is 0 Å². The van der Waals surface area contributed by atoms with Crippen LogP contribution in [0.1, 0.15) is 0 Å². The van der Waals surface area contributed by atoms with Crippen molar-refractivity contribution in [2.75, 3.05) is 11.1 Å². The molecule has 0 atom stereocenters. The van der Waals surface area contributed by atoms with E-state index in [2.05, 4.69) is 26.2 Å². The van der Waals surface area contributed by atoms with E-state index < -0.39 is 0 Å². The molecule has 0 saturated carbocycles. The normalized spacial score (nSPS) is 10.7. The number of hydrogen-bond donors (Lipinski definition) is 2. The van der Waals surface area contributed by atoms with E-state index in [1.165, 1.54) is 6.07 Å². The van der Waals surface area contributed by atoms with Crippen LogP contribution in [0.5, 0.6) is 0 Å². The maximum Gasteiger partial charge on any atom is 0.137 e. The van der Waals surface area contributed by atoms with Crippen LogP contribution in [0.2, 0.25) is 0 Å². The molecular formula is C15H11BrFN3. The van der Waals surface area contributed by atoms with Gasteiger partial charge in [0.25, 0.3) is 0 Å². The number of pyridine rings is 1. The highest BCUT2D eigenvalue weighted by atomic mass is 79.9. The van der Waals surface area contributed by atoms with Gasteiger partial charge in [0.2, 0.25) is 0 Å². The molecule has 0 bridgehead atoms. The average Bonchev–Trinajstić information content (AvgIpc) is 2.46. The van der Waals surface area contributed by atoms with Crippen LogP contribution in [0.3, 0.4) is 0 Å². The maximum absolute atomic E-state index is 13.3. The molecule has 0 amide bonds. The van der Waals surface area contributed by atoms with Crippen molar-refractivity contribution in [1.82, 2.24) is 4.98 Å². The molecule has 20 heavy (non-hydrogen) atoms. The molecule has 3 aromatic rings. The number of aromatic nitrogens is 1. The highest BCUT2D eigenvalue weighted by Gasteiger charge is 2.08. The van der Waals surface area contributed by atoms with E-state index in [4.69, 9.17) is 5.73 Å². The number of nitrogens with zero attached hydrogens (tertiary/aromatic N) is 1. The van der Waals surface area contributed by atoms with Crippen molar-refractivity contribution in [3.05, 3.63) is 59.0 Å². The van der Waals surface area contributed by atoms with Gasteiger partial charge in [-0.25, -0.2) is 4.39 Å². The van der Waals surface area contributed by atoms with Gasteiger partial charge in [-0.2, -0.15) is 0 Å². The number of benzene rings is 2. The van der Waals surface area contributed by atoms with Gasteiger partial charge < -0.3 is 11.1 Å². The van der Waals surface area contributed by atoms with Crippen molar-refractivity contribution in [2.24, 2.45) is 0 Å². The second-order valence-electron chi connectivity index (χ2n) is 4.36. The fourth-order valence-electron chi connectivity index (χ4n) is 2.01. The Hall–Kier alpha value is -2.14. The first-order valence-corrected chi connectivity index (χ1v) is 6.80. The Kier molecular flexibility index (Phi) is 3.28. The van der Waals surface area contributed by atoms with E-state index in [9.17, 15) is 4.39 Å². The minimum absolute atomic E-state index is 0.303. The van der Waals surface area contributed by atoms with Crippen LogP contribution in [0.4, 0.5) is 21.5 Å². The summed E-state index contributed by atoms with van der Waals surface area (Å²) in [6.45, 7) is 0. The van der Waals surface area contributed by atoms with E-state index in [1.54, 1.807) is 18.3 Å². The predicted molar refractivity (Wildman–Crippen MR) is 83.5 cm³/mol. The van der Waals surface area contributed by atoms with E-state index in [0.29, 0.717) is 10.2 Å². The number of nitrogens with two attached hydrogens (primary N) is 1. The molecule has 0 fully saturated rings. The van der Waals surface area contributed by atoms with Crippen LogP contribution >= 0.6 is 15.9 Å². The lowest BCUT2D eigenvalue weighted by molar-refractivity contribution is 0.621. The largest absolute Gasteiger partial charge is 0.396 e. The molecule has 0 saturated heterocycles. The maximum atomic E-state index is 13.3. The standard InChI is InChI=1S/C15H11BrFN3/c16-11-7-9(5-6-12(11)17)20-15-10-3-1-2-4-14(10)19-8-13(15)18/h1-8H,18H2,(H,19,20). The fraction of sp³-hybridized carbons (Fsp3) is 0. The Labute approximate surface area is 123 Å². The van der Waals surface area contributed by atoms with Gasteiger partial charge in [0, 0.05) is 11.1 Å². The second-order valence-corrected chi connectivity index (χ2v) is 5.21. The van der Waals surface area contributed by atoms with Gasteiger partial charge in [-0.05, 0) is 40.2 Å². The number of nitrogens with one attached hydrogen (secondary N) is 1. The molecule has 0 unspecified atom stereocenters. The lowest BCUT2D eigenvalue weighted by atomic mass is 10.1. The molecule has 0 radical (unpaired) electrons. The van der Waals surface area contributed by atoms with Crippen LogP contribution in [-0.2, 0) is 0 Å². The third kappa shape index (κ3) is 2.32. The first kappa shape index (κ1) is 12.9. The number of rotatable bonds is 2. The van der Waals surface area contributed by atoms with Crippen LogP contribution in [0, 0.1) is 5.82 Å². The molecule has 0 spiro atoms. The van der Waals surface area contributed by atoms with Crippen LogP contribution in [0.25, 0.3) is 10.9 Å². The molecule has 5 heteroatoms. The number of para-hydroxylation sites is 1. The third-order valence-corrected chi connectivity index (χ3v) is 3.60. The average molecular weight is 332 g/mol. The Balaban J connectivity index is 2.10. The topological polar surface area (TPSA) is 50.9 Å². The summed E-state index contributed by atoms with van der Waals surface area (Å²) in [7, 11) is 0. The van der Waals surface area contributed by atoms with E-state index in [0.717, 1.165) is 22.3 Å². The van der Waals surface area contributed by atoms with Crippen LogP contribution < -0.4 is 11.1 Å². The van der Waals surface area contributed by atoms with Gasteiger partial charge in [0.15, 0.2) is 0 Å². The molecule has 2 aromatic carbocycles. The SMILES string of the molecule is Nc1cnc2ccccc2c1Nc1ccc(F)c(Br)c1. The molecule has 1 heterocycles. The first-order valence-electron chi connectivity index (χ1n) is 6.00. The van der Waals surface area contributed by atoms with Crippen molar-refractivity contribution < 1.29 is 4.39 Å². The van der Waals surface area contributed by atoms with Crippen LogP contribution in [-0.4, -0.2) is 4.98 Å². The Morgan fingerprint density at radius 3 is 2.75 bits per heavy atom. The van der Waals surface area contributed by atoms with E-state index in [-0.39, 0.29) is 5.82 Å². The second kappa shape index (κ2) is 5.09. The number of hydrogen-bond acceptors (Lipinski definition) is 3. The molecule has 3 nitrogen and oxygen atoms in total. The van der Waals surface area contributed by atoms with Gasteiger partial charge in [0.05, 0.1) is 27.6 Å². The van der Waals surface area contributed by atoms with Crippen molar-refractivity contribution in [3.63, 3.8) is 0 Å². The summed E-state index contributed by atoms with van der Waals surface area (Å²) >= 11 is 3.17. The molecule has 3 rings (SSSR count). The summed E-state index contributed by atoms with van der Waals surface area (Å²) in [5, 5.41) is 4.15. The highest BCUT2D eigenvalue weighted by Crippen LogP contribution is 2.31. The molecule has 3 N–H and O–H groups in total. The number of nitrogen functional groups attached to an aromatic ring is 1. The van der Waals surface area contributed by atoms with Crippen molar-refractivity contribution in [2.45, 2.75) is 0 Å². The quantitative estimate of drug-likeness (QED) is 0.728.